The van der Waals surface area contributed by atoms with E-state index in [9.17, 15) is 0 Å². The normalized spacial score (nSPS) is 15.7. The molecule has 0 aliphatic carbocycles. The van der Waals surface area contributed by atoms with Gasteiger partial charge in [-0.1, -0.05) is 19.1 Å². The first-order valence-electron chi connectivity index (χ1n) is 6.91. The Morgan fingerprint density at radius 2 is 1.94 bits per heavy atom. The second-order valence-electron chi connectivity index (χ2n) is 4.95. The zero-order valence-corrected chi connectivity index (χ0v) is 11.5. The molecule has 1 heterocycles. The number of ether oxygens (including phenoxy) is 1. The lowest BCUT2D eigenvalue weighted by atomic mass is 10.1. The van der Waals surface area contributed by atoms with Crippen molar-refractivity contribution in [2.45, 2.75) is 25.8 Å². The average Bonchev–Trinajstić information content (AvgIpc) is 2.35. The quantitative estimate of drug-likeness (QED) is 0.798. The van der Waals surface area contributed by atoms with E-state index in [1.807, 2.05) is 12.1 Å². The van der Waals surface area contributed by atoms with Gasteiger partial charge in [0.2, 0.25) is 0 Å². The van der Waals surface area contributed by atoms with Crippen LogP contribution in [0.4, 0.5) is 0 Å². The first-order valence-corrected chi connectivity index (χ1v) is 6.91. The van der Waals surface area contributed by atoms with Crippen molar-refractivity contribution in [2.75, 3.05) is 33.3 Å². The van der Waals surface area contributed by atoms with Crippen LogP contribution in [0.25, 0.3) is 0 Å². The first kappa shape index (κ1) is 13.4. The van der Waals surface area contributed by atoms with Crippen LogP contribution in [0.3, 0.4) is 0 Å². The molecule has 1 aliphatic rings. The second-order valence-corrected chi connectivity index (χ2v) is 4.95. The van der Waals surface area contributed by atoms with Crippen molar-refractivity contribution in [1.29, 1.82) is 0 Å². The Balaban J connectivity index is 1.83. The lowest BCUT2D eigenvalue weighted by Gasteiger charge is -2.38. The molecule has 1 aromatic rings. The molecule has 1 saturated heterocycles. The van der Waals surface area contributed by atoms with E-state index in [2.05, 4.69) is 29.3 Å². The van der Waals surface area contributed by atoms with Crippen LogP contribution in [0.2, 0.25) is 0 Å². The summed E-state index contributed by atoms with van der Waals surface area (Å²) in [6.45, 7) is 6.94. The van der Waals surface area contributed by atoms with Gasteiger partial charge in [0.25, 0.3) is 0 Å². The number of benzene rings is 1. The Morgan fingerprint density at radius 3 is 2.44 bits per heavy atom. The molecule has 0 bridgehead atoms. The molecule has 2 rings (SSSR count). The van der Waals surface area contributed by atoms with Crippen LogP contribution in [0.15, 0.2) is 24.3 Å². The fourth-order valence-electron chi connectivity index (χ4n) is 2.36. The van der Waals surface area contributed by atoms with E-state index >= 15 is 0 Å². The molecule has 0 amide bonds. The van der Waals surface area contributed by atoms with Crippen LogP contribution in [-0.4, -0.2) is 44.2 Å². The van der Waals surface area contributed by atoms with Crippen LogP contribution in [0, 0.1) is 0 Å². The highest BCUT2D eigenvalue weighted by atomic mass is 16.5. The van der Waals surface area contributed by atoms with Crippen LogP contribution < -0.4 is 10.1 Å². The molecule has 0 aromatic heterocycles. The zero-order chi connectivity index (χ0) is 12.8. The lowest BCUT2D eigenvalue weighted by Crippen LogP contribution is -2.57. The highest BCUT2D eigenvalue weighted by Crippen LogP contribution is 2.13. The van der Waals surface area contributed by atoms with Crippen LogP contribution in [-0.2, 0) is 6.42 Å². The molecular weight excluding hydrogens is 224 g/mol. The largest absolute Gasteiger partial charge is 0.497 e. The van der Waals surface area contributed by atoms with Crippen LogP contribution in [0.5, 0.6) is 5.75 Å². The summed E-state index contributed by atoms with van der Waals surface area (Å²) in [5.74, 6) is 0.937. The third-order valence-electron chi connectivity index (χ3n) is 3.63. The highest BCUT2D eigenvalue weighted by molar-refractivity contribution is 5.27. The van der Waals surface area contributed by atoms with Gasteiger partial charge in [0.05, 0.1) is 7.11 Å². The van der Waals surface area contributed by atoms with Crippen molar-refractivity contribution in [2.24, 2.45) is 0 Å². The number of hydrogen-bond donors (Lipinski definition) is 1. The first-order chi connectivity index (χ1) is 8.83. The number of hydrogen-bond acceptors (Lipinski definition) is 3. The standard InChI is InChI=1S/C15H24N2O/c1-3-9-17(14-11-16-12-14)10-8-13-4-6-15(18-2)7-5-13/h4-7,14,16H,3,8-12H2,1-2H3. The summed E-state index contributed by atoms with van der Waals surface area (Å²) in [6, 6.07) is 9.18. The fourth-order valence-corrected chi connectivity index (χ4v) is 2.36. The van der Waals surface area contributed by atoms with Gasteiger partial charge in [0.1, 0.15) is 5.75 Å². The molecule has 0 saturated carbocycles. The second kappa shape index (κ2) is 6.76. The molecule has 1 aliphatic heterocycles. The maximum atomic E-state index is 5.18. The minimum atomic E-state index is 0.753. The summed E-state index contributed by atoms with van der Waals surface area (Å²) in [6.07, 6.45) is 2.36. The monoisotopic (exact) mass is 248 g/mol. The van der Waals surface area contributed by atoms with E-state index in [0.717, 1.165) is 37.8 Å². The van der Waals surface area contributed by atoms with Crippen LogP contribution in [0.1, 0.15) is 18.9 Å². The maximum absolute atomic E-state index is 5.18. The Kier molecular flexibility index (Phi) is 5.02. The van der Waals surface area contributed by atoms with E-state index in [1.165, 1.54) is 18.5 Å². The number of rotatable bonds is 7. The van der Waals surface area contributed by atoms with Crippen molar-refractivity contribution in [3.05, 3.63) is 29.8 Å². The summed E-state index contributed by atoms with van der Waals surface area (Å²) in [7, 11) is 1.71. The molecule has 1 aromatic carbocycles. The number of nitrogens with zero attached hydrogens (tertiary/aromatic N) is 1. The van der Waals surface area contributed by atoms with Gasteiger partial charge in [-0.15, -0.1) is 0 Å². The van der Waals surface area contributed by atoms with E-state index in [-0.39, 0.29) is 0 Å². The van der Waals surface area contributed by atoms with E-state index in [4.69, 9.17) is 4.74 Å². The van der Waals surface area contributed by atoms with Crippen molar-refractivity contribution in [1.82, 2.24) is 10.2 Å². The molecule has 0 spiro atoms. The number of methoxy groups -OCH3 is 1. The van der Waals surface area contributed by atoms with Crippen molar-refractivity contribution < 1.29 is 4.74 Å². The summed E-state index contributed by atoms with van der Waals surface area (Å²) in [5.41, 5.74) is 1.39. The predicted molar refractivity (Wildman–Crippen MR) is 75.2 cm³/mol. The minimum absolute atomic E-state index is 0.753. The van der Waals surface area contributed by atoms with Gasteiger partial charge in [-0.25, -0.2) is 0 Å². The van der Waals surface area contributed by atoms with Gasteiger partial charge in [-0.2, -0.15) is 0 Å². The van der Waals surface area contributed by atoms with Crippen molar-refractivity contribution >= 4 is 0 Å². The summed E-state index contributed by atoms with van der Waals surface area (Å²) >= 11 is 0. The fraction of sp³-hybridized carbons (Fsp3) is 0.600. The predicted octanol–water partition coefficient (Wildman–Crippen LogP) is 1.92. The molecule has 3 nitrogen and oxygen atoms in total. The van der Waals surface area contributed by atoms with Gasteiger partial charge in [0.15, 0.2) is 0 Å². The Hall–Kier alpha value is -1.06. The van der Waals surface area contributed by atoms with Gasteiger partial charge in [0, 0.05) is 25.7 Å². The highest BCUT2D eigenvalue weighted by Gasteiger charge is 2.23. The van der Waals surface area contributed by atoms with Gasteiger partial charge >= 0.3 is 0 Å². The topological polar surface area (TPSA) is 24.5 Å². The molecule has 100 valence electrons. The smallest absolute Gasteiger partial charge is 0.118 e. The molecule has 1 fully saturated rings. The molecule has 0 atom stereocenters. The van der Waals surface area contributed by atoms with E-state index in [0.29, 0.717) is 0 Å². The lowest BCUT2D eigenvalue weighted by molar-refractivity contribution is 0.147. The van der Waals surface area contributed by atoms with E-state index < -0.39 is 0 Å². The molecule has 0 radical (unpaired) electrons. The van der Waals surface area contributed by atoms with Gasteiger partial charge in [-0.3, -0.25) is 4.90 Å². The van der Waals surface area contributed by atoms with Crippen molar-refractivity contribution in [3.8, 4) is 5.75 Å². The summed E-state index contributed by atoms with van der Waals surface area (Å²) in [4.78, 5) is 2.61. The SMILES string of the molecule is CCCN(CCc1ccc(OC)cc1)C1CNC1. The Labute approximate surface area is 110 Å². The van der Waals surface area contributed by atoms with Gasteiger partial charge in [-0.05, 0) is 37.1 Å². The molecule has 18 heavy (non-hydrogen) atoms. The zero-order valence-electron chi connectivity index (χ0n) is 11.5. The third kappa shape index (κ3) is 3.47. The van der Waals surface area contributed by atoms with E-state index in [1.54, 1.807) is 7.11 Å². The molecule has 0 unspecified atom stereocenters. The summed E-state index contributed by atoms with van der Waals surface area (Å²) < 4.78 is 5.18. The minimum Gasteiger partial charge on any atom is -0.497 e. The molecule has 1 N–H and O–H groups in total. The summed E-state index contributed by atoms with van der Waals surface area (Å²) in [5, 5.41) is 3.36. The maximum Gasteiger partial charge on any atom is 0.118 e. The molecule has 3 heteroatoms. The average molecular weight is 248 g/mol. The Morgan fingerprint density at radius 1 is 1.22 bits per heavy atom. The van der Waals surface area contributed by atoms with Crippen molar-refractivity contribution in [3.63, 3.8) is 0 Å². The number of nitrogens with one attached hydrogen (secondary N) is 1. The van der Waals surface area contributed by atoms with Crippen LogP contribution >= 0.6 is 0 Å². The van der Waals surface area contributed by atoms with Gasteiger partial charge < -0.3 is 10.1 Å². The Bertz CT molecular complexity index is 346. The molecular formula is C15H24N2O. The third-order valence-corrected chi connectivity index (χ3v) is 3.63.